The van der Waals surface area contributed by atoms with Crippen molar-refractivity contribution in [1.29, 1.82) is 0 Å². The Hall–Kier alpha value is -1.63. The molecule has 0 aliphatic rings. The molecule has 0 fully saturated rings. The molecule has 3 nitrogen and oxygen atoms in total. The van der Waals surface area contributed by atoms with Gasteiger partial charge in [0.15, 0.2) is 5.11 Å². The molecule has 0 spiro atoms. The lowest BCUT2D eigenvalue weighted by atomic mass is 10.1. The Bertz CT molecular complexity index is 483. The molecule has 104 valence electrons. The normalized spacial score (nSPS) is 12.2. The van der Waals surface area contributed by atoms with E-state index in [1.807, 2.05) is 6.92 Å². The molecule has 0 aliphatic heterocycles. The lowest BCUT2D eigenvalue weighted by Crippen LogP contribution is -2.32. The van der Waals surface area contributed by atoms with Crippen molar-refractivity contribution in [3.8, 4) is 0 Å². The SMILES string of the molecule is CCNC(=S)N/N=C(/C)c1cccc(C(F)(F)F)c1. The van der Waals surface area contributed by atoms with Gasteiger partial charge in [-0.3, -0.25) is 5.43 Å². The molecule has 1 aromatic rings. The maximum absolute atomic E-state index is 12.6. The van der Waals surface area contributed by atoms with Crippen LogP contribution in [0.5, 0.6) is 0 Å². The smallest absolute Gasteiger partial charge is 0.362 e. The van der Waals surface area contributed by atoms with Crippen molar-refractivity contribution in [2.75, 3.05) is 6.54 Å². The summed E-state index contributed by atoms with van der Waals surface area (Å²) in [5, 5.41) is 7.08. The molecule has 1 aromatic carbocycles. The van der Waals surface area contributed by atoms with Crippen LogP contribution in [0, 0.1) is 0 Å². The molecular formula is C12H14F3N3S. The summed E-state index contributed by atoms with van der Waals surface area (Å²) < 4.78 is 37.7. The highest BCUT2D eigenvalue weighted by atomic mass is 32.1. The predicted octanol–water partition coefficient (Wildman–Crippen LogP) is 2.91. The number of hydrazone groups is 1. The highest BCUT2D eigenvalue weighted by Gasteiger charge is 2.30. The molecule has 19 heavy (non-hydrogen) atoms. The van der Waals surface area contributed by atoms with E-state index in [2.05, 4.69) is 15.8 Å². The number of nitrogens with zero attached hydrogens (tertiary/aromatic N) is 1. The van der Waals surface area contributed by atoms with Crippen LogP contribution in [0.4, 0.5) is 13.2 Å². The summed E-state index contributed by atoms with van der Waals surface area (Å²) in [7, 11) is 0. The Morgan fingerprint density at radius 3 is 2.63 bits per heavy atom. The molecule has 1 rings (SSSR count). The van der Waals surface area contributed by atoms with Crippen LogP contribution >= 0.6 is 12.2 Å². The van der Waals surface area contributed by atoms with Gasteiger partial charge in [-0.15, -0.1) is 0 Å². The summed E-state index contributed by atoms with van der Waals surface area (Å²) in [6, 6.07) is 4.98. The zero-order valence-electron chi connectivity index (χ0n) is 10.5. The molecule has 0 radical (unpaired) electrons. The maximum atomic E-state index is 12.6. The summed E-state index contributed by atoms with van der Waals surface area (Å²) in [4.78, 5) is 0. The van der Waals surface area contributed by atoms with E-state index in [9.17, 15) is 13.2 Å². The quantitative estimate of drug-likeness (QED) is 0.510. The Morgan fingerprint density at radius 1 is 1.37 bits per heavy atom. The number of nitrogens with one attached hydrogen (secondary N) is 2. The first kappa shape index (κ1) is 15.4. The zero-order chi connectivity index (χ0) is 14.5. The second kappa shape index (κ2) is 6.51. The molecule has 7 heteroatoms. The van der Waals surface area contributed by atoms with E-state index in [1.165, 1.54) is 6.07 Å². The number of thiocarbonyl (C=S) groups is 1. The first-order valence-electron chi connectivity index (χ1n) is 5.60. The Kier molecular flexibility index (Phi) is 5.29. The van der Waals surface area contributed by atoms with Crippen LogP contribution in [0.1, 0.15) is 25.0 Å². The topological polar surface area (TPSA) is 36.4 Å². The summed E-state index contributed by atoms with van der Waals surface area (Å²) in [5.41, 5.74) is 2.68. The first-order chi connectivity index (χ1) is 8.84. The summed E-state index contributed by atoms with van der Waals surface area (Å²) in [5.74, 6) is 0. The fourth-order valence-corrected chi connectivity index (χ4v) is 1.51. The van der Waals surface area contributed by atoms with Gasteiger partial charge >= 0.3 is 6.18 Å². The molecule has 0 amide bonds. The number of hydrogen-bond donors (Lipinski definition) is 2. The fourth-order valence-electron chi connectivity index (χ4n) is 1.32. The first-order valence-corrected chi connectivity index (χ1v) is 6.01. The van der Waals surface area contributed by atoms with E-state index in [1.54, 1.807) is 13.0 Å². The van der Waals surface area contributed by atoms with E-state index in [4.69, 9.17) is 12.2 Å². The van der Waals surface area contributed by atoms with E-state index >= 15 is 0 Å². The Morgan fingerprint density at radius 2 is 2.05 bits per heavy atom. The van der Waals surface area contributed by atoms with E-state index < -0.39 is 11.7 Å². The molecule has 0 atom stereocenters. The lowest BCUT2D eigenvalue weighted by Gasteiger charge is -2.09. The van der Waals surface area contributed by atoms with Gasteiger partial charge in [-0.25, -0.2) is 0 Å². The van der Waals surface area contributed by atoms with Gasteiger partial charge in [0.05, 0.1) is 11.3 Å². The fraction of sp³-hybridized carbons (Fsp3) is 0.333. The molecule has 0 unspecified atom stereocenters. The van der Waals surface area contributed by atoms with E-state index in [0.717, 1.165) is 12.1 Å². The van der Waals surface area contributed by atoms with Gasteiger partial charge in [0, 0.05) is 6.54 Å². The number of halogens is 3. The minimum atomic E-state index is -4.36. The van der Waals surface area contributed by atoms with Crippen molar-refractivity contribution in [2.45, 2.75) is 20.0 Å². The monoisotopic (exact) mass is 289 g/mol. The molecule has 0 saturated heterocycles. The van der Waals surface area contributed by atoms with Crippen LogP contribution in [0.2, 0.25) is 0 Å². The molecule has 0 bridgehead atoms. The van der Waals surface area contributed by atoms with E-state index in [-0.39, 0.29) is 0 Å². The van der Waals surface area contributed by atoms with Crippen LogP contribution in [0.15, 0.2) is 29.4 Å². The molecular weight excluding hydrogens is 275 g/mol. The van der Waals surface area contributed by atoms with Crippen molar-refractivity contribution in [3.63, 3.8) is 0 Å². The lowest BCUT2D eigenvalue weighted by molar-refractivity contribution is -0.137. The molecule has 2 N–H and O–H groups in total. The van der Waals surface area contributed by atoms with Gasteiger partial charge in [0.1, 0.15) is 0 Å². The predicted molar refractivity (Wildman–Crippen MR) is 73.1 cm³/mol. The minimum absolute atomic E-state index is 0.328. The largest absolute Gasteiger partial charge is 0.416 e. The Balaban J connectivity index is 2.85. The van der Waals surface area contributed by atoms with Crippen molar-refractivity contribution in [1.82, 2.24) is 10.7 Å². The van der Waals surface area contributed by atoms with Gasteiger partial charge in [-0.05, 0) is 43.8 Å². The summed E-state index contributed by atoms with van der Waals surface area (Å²) >= 11 is 4.90. The summed E-state index contributed by atoms with van der Waals surface area (Å²) in [6.45, 7) is 4.12. The van der Waals surface area contributed by atoms with Crippen molar-refractivity contribution in [2.24, 2.45) is 5.10 Å². The van der Waals surface area contributed by atoms with Crippen molar-refractivity contribution in [3.05, 3.63) is 35.4 Å². The number of rotatable bonds is 3. The third-order valence-electron chi connectivity index (χ3n) is 2.27. The molecule has 0 aromatic heterocycles. The highest BCUT2D eigenvalue weighted by molar-refractivity contribution is 7.80. The second-order valence-electron chi connectivity index (χ2n) is 3.75. The van der Waals surface area contributed by atoms with Crippen LogP contribution in [0.25, 0.3) is 0 Å². The third-order valence-corrected chi connectivity index (χ3v) is 2.51. The van der Waals surface area contributed by atoms with Gasteiger partial charge < -0.3 is 5.32 Å². The second-order valence-corrected chi connectivity index (χ2v) is 4.16. The maximum Gasteiger partial charge on any atom is 0.416 e. The molecule has 0 saturated carbocycles. The van der Waals surface area contributed by atoms with Crippen LogP contribution < -0.4 is 10.7 Å². The third kappa shape index (κ3) is 4.86. The van der Waals surface area contributed by atoms with Gasteiger partial charge in [0.2, 0.25) is 0 Å². The van der Waals surface area contributed by atoms with Crippen molar-refractivity contribution >= 4 is 23.0 Å². The van der Waals surface area contributed by atoms with Gasteiger partial charge in [-0.1, -0.05) is 12.1 Å². The zero-order valence-corrected chi connectivity index (χ0v) is 11.3. The number of alkyl halides is 3. The van der Waals surface area contributed by atoms with Crippen molar-refractivity contribution < 1.29 is 13.2 Å². The van der Waals surface area contributed by atoms with E-state index in [0.29, 0.717) is 22.9 Å². The van der Waals surface area contributed by atoms with Crippen LogP contribution in [0.3, 0.4) is 0 Å². The minimum Gasteiger partial charge on any atom is -0.362 e. The Labute approximate surface area is 114 Å². The van der Waals surface area contributed by atoms with Crippen LogP contribution in [-0.2, 0) is 6.18 Å². The highest BCUT2D eigenvalue weighted by Crippen LogP contribution is 2.29. The van der Waals surface area contributed by atoms with Crippen LogP contribution in [-0.4, -0.2) is 17.4 Å². The number of hydrogen-bond acceptors (Lipinski definition) is 2. The van der Waals surface area contributed by atoms with Gasteiger partial charge in [-0.2, -0.15) is 18.3 Å². The molecule has 0 aliphatic carbocycles. The average Bonchev–Trinajstić information content (AvgIpc) is 2.35. The average molecular weight is 289 g/mol. The van der Waals surface area contributed by atoms with Gasteiger partial charge in [0.25, 0.3) is 0 Å². The number of benzene rings is 1. The molecule has 0 heterocycles. The standard InChI is InChI=1S/C12H14F3N3S/c1-3-16-11(19)18-17-8(2)9-5-4-6-10(7-9)12(13,14)15/h4-7H,3H2,1-2H3,(H2,16,18,19)/b17-8-. The summed E-state index contributed by atoms with van der Waals surface area (Å²) in [6.07, 6.45) is -4.36.